The number of aryl methyl sites for hydroxylation is 2. The van der Waals surface area contributed by atoms with Crippen LogP contribution in [-0.2, 0) is 13.0 Å². The molecule has 2 N–H and O–H groups in total. The van der Waals surface area contributed by atoms with Crippen molar-refractivity contribution in [3.05, 3.63) is 87.3 Å². The highest BCUT2D eigenvalue weighted by Gasteiger charge is 2.23. The molecule has 0 amide bonds. The number of H-pyrrole nitrogens is 1. The van der Waals surface area contributed by atoms with Gasteiger partial charge in [0, 0.05) is 23.5 Å². The molecule has 0 saturated carbocycles. The summed E-state index contributed by atoms with van der Waals surface area (Å²) in [6.07, 6.45) is 2.45. The van der Waals surface area contributed by atoms with Gasteiger partial charge in [-0.2, -0.15) is 0 Å². The third-order valence-electron chi connectivity index (χ3n) is 4.98. The number of imidazole rings is 1. The van der Waals surface area contributed by atoms with Gasteiger partial charge in [-0.25, -0.2) is 14.1 Å². The maximum atomic E-state index is 14.3. The molecular formula is C21H17ClFN7S. The predicted molar refractivity (Wildman–Crippen MR) is 119 cm³/mol. The molecule has 156 valence electrons. The Balaban J connectivity index is 1.50. The van der Waals surface area contributed by atoms with Crippen LogP contribution < -0.4 is 5.32 Å². The number of fused-ring (bicyclic) bond motifs is 1. The zero-order valence-electron chi connectivity index (χ0n) is 16.2. The van der Waals surface area contributed by atoms with E-state index in [1.807, 2.05) is 29.6 Å². The lowest BCUT2D eigenvalue weighted by atomic mass is 10.1. The fourth-order valence-corrected chi connectivity index (χ4v) is 4.25. The highest BCUT2D eigenvalue weighted by molar-refractivity contribution is 7.09. The van der Waals surface area contributed by atoms with Crippen molar-refractivity contribution in [3.8, 4) is 0 Å². The summed E-state index contributed by atoms with van der Waals surface area (Å²) in [4.78, 5) is 8.59. The van der Waals surface area contributed by atoms with E-state index in [2.05, 4.69) is 36.9 Å². The lowest BCUT2D eigenvalue weighted by Crippen LogP contribution is -2.19. The molecular weight excluding hydrogens is 437 g/mol. The quantitative estimate of drug-likeness (QED) is 0.368. The summed E-state index contributed by atoms with van der Waals surface area (Å²) in [5.74, 6) is 0.0931. The van der Waals surface area contributed by atoms with E-state index in [0.717, 1.165) is 23.1 Å². The van der Waals surface area contributed by atoms with E-state index in [9.17, 15) is 4.39 Å². The molecule has 1 atom stereocenters. The van der Waals surface area contributed by atoms with E-state index >= 15 is 0 Å². The maximum Gasteiger partial charge on any atom is 0.178 e. The van der Waals surface area contributed by atoms with Crippen molar-refractivity contribution in [3.63, 3.8) is 0 Å². The second kappa shape index (κ2) is 8.44. The molecule has 5 aromatic rings. The first-order valence-corrected chi connectivity index (χ1v) is 10.9. The van der Waals surface area contributed by atoms with E-state index < -0.39 is 11.9 Å². The Morgan fingerprint density at radius 1 is 1.19 bits per heavy atom. The van der Waals surface area contributed by atoms with Crippen LogP contribution in [0.4, 0.5) is 10.1 Å². The molecule has 3 heterocycles. The molecule has 0 radical (unpaired) electrons. The van der Waals surface area contributed by atoms with Gasteiger partial charge in [0.2, 0.25) is 0 Å². The monoisotopic (exact) mass is 453 g/mol. The van der Waals surface area contributed by atoms with Crippen molar-refractivity contribution < 1.29 is 4.39 Å². The molecule has 31 heavy (non-hydrogen) atoms. The fraction of sp³-hybridized carbons (Fsp3) is 0.143. The molecule has 0 aliphatic heterocycles. The lowest BCUT2D eigenvalue weighted by Gasteiger charge is -2.20. The minimum atomic E-state index is -0.493. The summed E-state index contributed by atoms with van der Waals surface area (Å²) in [5, 5.41) is 17.9. The number of benzene rings is 2. The van der Waals surface area contributed by atoms with Crippen molar-refractivity contribution >= 4 is 39.7 Å². The summed E-state index contributed by atoms with van der Waals surface area (Å²) in [7, 11) is 0. The Bertz CT molecular complexity index is 1310. The molecule has 0 fully saturated rings. The Morgan fingerprint density at radius 2 is 2.13 bits per heavy atom. The van der Waals surface area contributed by atoms with Gasteiger partial charge < -0.3 is 10.3 Å². The summed E-state index contributed by atoms with van der Waals surface area (Å²) in [6.45, 7) is 0.608. The third-order valence-corrected chi connectivity index (χ3v) is 6.22. The molecule has 0 saturated heterocycles. The van der Waals surface area contributed by atoms with Gasteiger partial charge in [0.05, 0.1) is 22.4 Å². The number of anilines is 1. The largest absolute Gasteiger partial charge is 0.371 e. The molecule has 5 rings (SSSR count). The van der Waals surface area contributed by atoms with Crippen LogP contribution in [0.15, 0.2) is 60.2 Å². The van der Waals surface area contributed by atoms with Crippen molar-refractivity contribution in [2.24, 2.45) is 0 Å². The summed E-state index contributed by atoms with van der Waals surface area (Å²) >= 11 is 7.60. The Kier molecular flexibility index (Phi) is 5.35. The van der Waals surface area contributed by atoms with Crippen LogP contribution in [0.3, 0.4) is 0 Å². The number of thiophene rings is 1. The third kappa shape index (κ3) is 4.14. The number of tetrazole rings is 1. The van der Waals surface area contributed by atoms with Crippen molar-refractivity contribution in [2.75, 3.05) is 5.32 Å². The van der Waals surface area contributed by atoms with Crippen molar-refractivity contribution in [2.45, 2.75) is 19.0 Å². The molecule has 1 unspecified atom stereocenters. The van der Waals surface area contributed by atoms with E-state index in [4.69, 9.17) is 11.6 Å². The molecule has 7 nitrogen and oxygen atoms in total. The van der Waals surface area contributed by atoms with Gasteiger partial charge in [0.1, 0.15) is 11.9 Å². The average molecular weight is 454 g/mol. The number of hydrogen-bond acceptors (Lipinski definition) is 6. The first-order chi connectivity index (χ1) is 15.2. The van der Waals surface area contributed by atoms with Crippen molar-refractivity contribution in [1.82, 2.24) is 30.2 Å². The van der Waals surface area contributed by atoms with Gasteiger partial charge in [0.15, 0.2) is 5.82 Å². The van der Waals surface area contributed by atoms with Gasteiger partial charge in [-0.05, 0) is 57.8 Å². The van der Waals surface area contributed by atoms with Crippen molar-refractivity contribution in [1.29, 1.82) is 0 Å². The Morgan fingerprint density at radius 3 is 2.97 bits per heavy atom. The SMILES string of the molecule is Fc1cc(C(Nc2ccc3nc[nH]c3c2)c2nnnn2CCc2cccs2)ccc1Cl. The zero-order valence-corrected chi connectivity index (χ0v) is 17.7. The average Bonchev–Trinajstić information content (AvgIpc) is 3.53. The summed E-state index contributed by atoms with van der Waals surface area (Å²) in [5.41, 5.74) is 3.24. The van der Waals surface area contributed by atoms with Gasteiger partial charge in [-0.15, -0.1) is 16.4 Å². The first-order valence-electron chi connectivity index (χ1n) is 9.60. The summed E-state index contributed by atoms with van der Waals surface area (Å²) in [6, 6.07) is 14.1. The molecule has 0 aliphatic rings. The number of halogens is 2. The minimum absolute atomic E-state index is 0.0682. The van der Waals surface area contributed by atoms with Gasteiger partial charge in [0.25, 0.3) is 0 Å². The molecule has 0 bridgehead atoms. The standard InChI is InChI=1S/C21H17ClFN7S/c22-16-5-3-13(10-17(16)23)20(26-14-4-6-18-19(11-14)25-12-24-18)21-27-28-29-30(21)8-7-15-2-1-9-31-15/h1-6,9-12,20,26H,7-8H2,(H,24,25). The van der Waals surface area contributed by atoms with Crippen LogP contribution in [0, 0.1) is 5.82 Å². The number of aromatic amines is 1. The van der Waals surface area contributed by atoms with Gasteiger partial charge >= 0.3 is 0 Å². The molecule has 0 aliphatic carbocycles. The smallest absolute Gasteiger partial charge is 0.178 e. The van der Waals surface area contributed by atoms with E-state index in [0.29, 0.717) is 17.9 Å². The summed E-state index contributed by atoms with van der Waals surface area (Å²) < 4.78 is 16.0. The van der Waals surface area contributed by atoms with Crippen LogP contribution in [0.5, 0.6) is 0 Å². The van der Waals surface area contributed by atoms with Crippen LogP contribution in [0.1, 0.15) is 22.3 Å². The Labute approximate surface area is 185 Å². The first kappa shape index (κ1) is 19.7. The molecule has 3 aromatic heterocycles. The van der Waals surface area contributed by atoms with Gasteiger partial charge in [-0.3, -0.25) is 0 Å². The second-order valence-electron chi connectivity index (χ2n) is 6.97. The fourth-order valence-electron chi connectivity index (χ4n) is 3.43. The lowest BCUT2D eigenvalue weighted by molar-refractivity contribution is 0.558. The number of nitrogens with one attached hydrogen (secondary N) is 2. The molecule has 0 spiro atoms. The predicted octanol–water partition coefficient (Wildman–Crippen LogP) is 4.85. The van der Waals surface area contributed by atoms with Crippen LogP contribution in [-0.4, -0.2) is 30.2 Å². The van der Waals surface area contributed by atoms with Crippen LogP contribution in [0.2, 0.25) is 5.02 Å². The minimum Gasteiger partial charge on any atom is -0.371 e. The topological polar surface area (TPSA) is 84.3 Å². The van der Waals surface area contributed by atoms with Crippen LogP contribution in [0.25, 0.3) is 11.0 Å². The van der Waals surface area contributed by atoms with E-state index in [1.54, 1.807) is 34.5 Å². The molecule has 10 heteroatoms. The number of nitrogens with zero attached hydrogens (tertiary/aromatic N) is 5. The normalized spacial score (nSPS) is 12.3. The number of aromatic nitrogens is 6. The maximum absolute atomic E-state index is 14.3. The Hall–Kier alpha value is -3.30. The second-order valence-corrected chi connectivity index (χ2v) is 8.41. The number of rotatable bonds is 7. The van der Waals surface area contributed by atoms with Gasteiger partial charge in [-0.1, -0.05) is 23.7 Å². The van der Waals surface area contributed by atoms with E-state index in [-0.39, 0.29) is 5.02 Å². The van der Waals surface area contributed by atoms with E-state index in [1.165, 1.54) is 10.9 Å². The number of hydrogen-bond donors (Lipinski definition) is 2. The van der Waals surface area contributed by atoms with Crippen LogP contribution >= 0.6 is 22.9 Å². The highest BCUT2D eigenvalue weighted by Crippen LogP contribution is 2.29. The molecule has 2 aromatic carbocycles. The zero-order chi connectivity index (χ0) is 21.2. The highest BCUT2D eigenvalue weighted by atomic mass is 35.5.